The Labute approximate surface area is 62.8 Å². The molecular weight excluding hydrogens is 129 g/mol. The van der Waals surface area contributed by atoms with E-state index in [1.165, 1.54) is 0 Å². The third kappa shape index (κ3) is 3.16. The van der Waals surface area contributed by atoms with Gasteiger partial charge >= 0.3 is 0 Å². The van der Waals surface area contributed by atoms with Gasteiger partial charge in [-0.2, -0.15) is 0 Å². The van der Waals surface area contributed by atoms with Crippen LogP contribution >= 0.6 is 0 Å². The maximum Gasteiger partial charge on any atom is 0.104 e. The summed E-state index contributed by atoms with van der Waals surface area (Å²) in [6.45, 7) is 4.47. The molecule has 0 rings (SSSR count). The molecule has 2 N–H and O–H groups in total. The number of hydrogen-bond acceptors (Lipinski definition) is 1. The lowest BCUT2D eigenvalue weighted by Crippen LogP contribution is -2.23. The zero-order chi connectivity index (χ0) is 7.98. The van der Waals surface area contributed by atoms with E-state index in [-0.39, 0.29) is 5.92 Å². The Morgan fingerprint density at radius 3 is 2.30 bits per heavy atom. The lowest BCUT2D eigenvalue weighted by atomic mass is 9.98. The molecule has 0 amide bonds. The van der Waals surface area contributed by atoms with Crippen LogP contribution in [0, 0.1) is 5.92 Å². The summed E-state index contributed by atoms with van der Waals surface area (Å²) >= 11 is 0. The van der Waals surface area contributed by atoms with E-state index in [1.54, 1.807) is 0 Å². The number of alkyl halides is 1. The van der Waals surface area contributed by atoms with Gasteiger partial charge in [0, 0.05) is 5.92 Å². The van der Waals surface area contributed by atoms with Gasteiger partial charge in [-0.15, -0.1) is 0 Å². The normalized spacial score (nSPS) is 16.8. The Kier molecular flexibility index (Phi) is 5.60. The monoisotopic (exact) mass is 147 g/mol. The van der Waals surface area contributed by atoms with Crippen LogP contribution in [0.15, 0.2) is 0 Å². The summed E-state index contributed by atoms with van der Waals surface area (Å²) in [5, 5.41) is 0. The van der Waals surface area contributed by atoms with Gasteiger partial charge < -0.3 is 5.73 Å². The summed E-state index contributed by atoms with van der Waals surface area (Å²) in [6.07, 6.45) is 1.75. The molecule has 0 aromatic heterocycles. The molecule has 0 saturated heterocycles. The molecule has 2 atom stereocenters. The van der Waals surface area contributed by atoms with Crippen LogP contribution in [-0.4, -0.2) is 12.7 Å². The fraction of sp³-hybridized carbons (Fsp3) is 1.00. The second-order valence-corrected chi connectivity index (χ2v) is 2.71. The molecule has 10 heavy (non-hydrogen) atoms. The van der Waals surface area contributed by atoms with Gasteiger partial charge in [-0.1, -0.05) is 20.3 Å². The molecule has 0 aromatic carbocycles. The van der Waals surface area contributed by atoms with Crippen molar-refractivity contribution in [2.24, 2.45) is 11.7 Å². The second kappa shape index (κ2) is 5.66. The minimum Gasteiger partial charge on any atom is -0.330 e. The maximum atomic E-state index is 13.0. The first kappa shape index (κ1) is 9.89. The van der Waals surface area contributed by atoms with E-state index in [1.807, 2.05) is 13.8 Å². The molecule has 0 aromatic rings. The highest BCUT2D eigenvalue weighted by Crippen LogP contribution is 2.15. The van der Waals surface area contributed by atoms with Gasteiger partial charge in [0.15, 0.2) is 0 Å². The Bertz CT molecular complexity index is 71.7. The van der Waals surface area contributed by atoms with Gasteiger partial charge in [0.05, 0.1) is 0 Å². The van der Waals surface area contributed by atoms with Gasteiger partial charge in [0.2, 0.25) is 0 Å². The lowest BCUT2D eigenvalue weighted by Gasteiger charge is -2.16. The molecule has 2 unspecified atom stereocenters. The van der Waals surface area contributed by atoms with Crippen LogP contribution in [0.4, 0.5) is 4.39 Å². The molecule has 0 saturated carbocycles. The zero-order valence-electron chi connectivity index (χ0n) is 6.94. The Morgan fingerprint density at radius 2 is 2.00 bits per heavy atom. The van der Waals surface area contributed by atoms with Gasteiger partial charge in [0.1, 0.15) is 6.17 Å². The minimum atomic E-state index is -0.681. The van der Waals surface area contributed by atoms with E-state index in [4.69, 9.17) is 5.73 Å². The smallest absolute Gasteiger partial charge is 0.104 e. The van der Waals surface area contributed by atoms with Crippen LogP contribution in [0.5, 0.6) is 0 Å². The van der Waals surface area contributed by atoms with E-state index in [2.05, 4.69) is 0 Å². The quantitative estimate of drug-likeness (QED) is 0.633. The van der Waals surface area contributed by atoms with Crippen molar-refractivity contribution in [1.82, 2.24) is 0 Å². The highest BCUT2D eigenvalue weighted by molar-refractivity contribution is 4.67. The van der Waals surface area contributed by atoms with E-state index >= 15 is 0 Å². The first-order valence-corrected chi connectivity index (χ1v) is 4.10. The first-order chi connectivity index (χ1) is 4.76. The Morgan fingerprint density at radius 1 is 1.40 bits per heavy atom. The minimum absolute atomic E-state index is 0.0833. The second-order valence-electron chi connectivity index (χ2n) is 2.71. The van der Waals surface area contributed by atoms with E-state index in [0.717, 1.165) is 12.8 Å². The molecule has 0 aliphatic heterocycles. The fourth-order valence-corrected chi connectivity index (χ4v) is 1.08. The highest BCUT2D eigenvalue weighted by Gasteiger charge is 2.15. The van der Waals surface area contributed by atoms with Gasteiger partial charge in [-0.25, -0.2) is 4.39 Å². The molecule has 0 aliphatic rings. The molecule has 0 radical (unpaired) electrons. The summed E-state index contributed by atoms with van der Waals surface area (Å²) in [6, 6.07) is 0. The third-order valence-corrected chi connectivity index (χ3v) is 1.90. The third-order valence-electron chi connectivity index (χ3n) is 1.90. The predicted molar refractivity (Wildman–Crippen MR) is 42.6 cm³/mol. The Balaban J connectivity index is 3.53. The van der Waals surface area contributed by atoms with Gasteiger partial charge in [-0.3, -0.25) is 0 Å². The van der Waals surface area contributed by atoms with E-state index < -0.39 is 6.17 Å². The predicted octanol–water partition coefficient (Wildman–Crippen LogP) is 2.11. The van der Waals surface area contributed by atoms with Crippen LogP contribution in [0.1, 0.15) is 33.1 Å². The van der Waals surface area contributed by atoms with Crippen molar-refractivity contribution in [3.8, 4) is 0 Å². The largest absolute Gasteiger partial charge is 0.330 e. The number of halogens is 1. The van der Waals surface area contributed by atoms with Crippen molar-refractivity contribution >= 4 is 0 Å². The molecule has 2 heteroatoms. The summed E-state index contributed by atoms with van der Waals surface area (Å²) in [7, 11) is 0. The molecule has 0 heterocycles. The Hall–Kier alpha value is -0.110. The van der Waals surface area contributed by atoms with Crippen molar-refractivity contribution < 1.29 is 4.39 Å². The first-order valence-electron chi connectivity index (χ1n) is 4.10. The summed E-state index contributed by atoms with van der Waals surface area (Å²) in [5.41, 5.74) is 5.37. The molecule has 0 bridgehead atoms. The van der Waals surface area contributed by atoms with Crippen molar-refractivity contribution in [2.75, 3.05) is 6.54 Å². The summed E-state index contributed by atoms with van der Waals surface area (Å²) < 4.78 is 13.0. The van der Waals surface area contributed by atoms with Crippen molar-refractivity contribution in [2.45, 2.75) is 39.3 Å². The van der Waals surface area contributed by atoms with Crippen LogP contribution in [0.2, 0.25) is 0 Å². The lowest BCUT2D eigenvalue weighted by molar-refractivity contribution is 0.212. The van der Waals surface area contributed by atoms with Crippen molar-refractivity contribution in [1.29, 1.82) is 0 Å². The standard InChI is InChI=1S/C8H18FN/c1-3-5-8(9)7(4-2)6-10/h7-8H,3-6,10H2,1-2H3. The van der Waals surface area contributed by atoms with Gasteiger partial charge in [-0.05, 0) is 19.4 Å². The zero-order valence-corrected chi connectivity index (χ0v) is 6.94. The van der Waals surface area contributed by atoms with Crippen LogP contribution in [-0.2, 0) is 0 Å². The highest BCUT2D eigenvalue weighted by atomic mass is 19.1. The fourth-order valence-electron chi connectivity index (χ4n) is 1.08. The van der Waals surface area contributed by atoms with Gasteiger partial charge in [0.25, 0.3) is 0 Å². The number of hydrogen-bond donors (Lipinski definition) is 1. The maximum absolute atomic E-state index is 13.0. The van der Waals surface area contributed by atoms with Crippen LogP contribution in [0.3, 0.4) is 0 Å². The van der Waals surface area contributed by atoms with E-state index in [9.17, 15) is 4.39 Å². The van der Waals surface area contributed by atoms with Crippen LogP contribution < -0.4 is 5.73 Å². The summed E-state index contributed by atoms with van der Waals surface area (Å²) in [4.78, 5) is 0. The average Bonchev–Trinajstić information content (AvgIpc) is 1.91. The topological polar surface area (TPSA) is 26.0 Å². The molecule has 0 aliphatic carbocycles. The average molecular weight is 147 g/mol. The van der Waals surface area contributed by atoms with Crippen molar-refractivity contribution in [3.05, 3.63) is 0 Å². The SMILES string of the molecule is CCCC(F)C(CC)CN. The number of nitrogens with two attached hydrogens (primary N) is 1. The molecular formula is C8H18FN. The van der Waals surface area contributed by atoms with Crippen molar-refractivity contribution in [3.63, 3.8) is 0 Å². The number of rotatable bonds is 5. The van der Waals surface area contributed by atoms with E-state index in [0.29, 0.717) is 13.0 Å². The molecule has 0 fully saturated rings. The molecule has 1 nitrogen and oxygen atoms in total. The molecule has 0 spiro atoms. The molecule has 62 valence electrons. The summed E-state index contributed by atoms with van der Waals surface area (Å²) in [5.74, 6) is 0.0833. The van der Waals surface area contributed by atoms with Crippen LogP contribution in [0.25, 0.3) is 0 Å².